The minimum absolute atomic E-state index is 0. The maximum Gasteiger partial charge on any atom is 1.00 e. The molecule has 0 saturated carbocycles. The summed E-state index contributed by atoms with van der Waals surface area (Å²) in [5.41, 5.74) is 0. The van der Waals surface area contributed by atoms with E-state index in [2.05, 4.69) is 11.8 Å². The summed E-state index contributed by atoms with van der Waals surface area (Å²) >= 11 is 0. The molecule has 5 nitrogen and oxygen atoms in total. The normalized spacial score (nSPS) is 20.3. The molecule has 0 amide bonds. The number of carboxylic acid groups (broad SMARTS) is 1. The van der Waals surface area contributed by atoms with Crippen LogP contribution < -0.4 is 56.5 Å². The maximum atomic E-state index is 10.5. The van der Waals surface area contributed by atoms with Crippen LogP contribution in [-0.4, -0.2) is 46.7 Å². The number of nitrogens with zero attached hydrogens (tertiary/aromatic N) is 2. The van der Waals surface area contributed by atoms with Gasteiger partial charge in [0, 0.05) is 32.4 Å². The van der Waals surface area contributed by atoms with Crippen LogP contribution in [0.1, 0.15) is 26.2 Å². The smallest absolute Gasteiger partial charge is 0.547 e. The number of hydrogen-bond acceptors (Lipinski definition) is 5. The van der Waals surface area contributed by atoms with Crippen LogP contribution in [0.3, 0.4) is 0 Å². The van der Waals surface area contributed by atoms with E-state index in [0.29, 0.717) is 0 Å². The third-order valence-corrected chi connectivity index (χ3v) is 2.82. The van der Waals surface area contributed by atoms with Gasteiger partial charge >= 0.3 is 51.4 Å². The quantitative estimate of drug-likeness (QED) is 0.502. The van der Waals surface area contributed by atoms with E-state index >= 15 is 0 Å². The fourth-order valence-corrected chi connectivity index (χ4v) is 1.79. The SMILES string of the molecule is CCCCN1C=CN(C)C1CC(O)C(=O)[O-].[K+]. The van der Waals surface area contributed by atoms with E-state index in [9.17, 15) is 15.0 Å². The predicted molar refractivity (Wildman–Crippen MR) is 57.9 cm³/mol. The number of aliphatic hydroxyl groups is 1. The Labute approximate surface area is 145 Å². The second kappa shape index (κ2) is 8.50. The van der Waals surface area contributed by atoms with Crippen molar-refractivity contribution < 1.29 is 66.4 Å². The van der Waals surface area contributed by atoms with Gasteiger partial charge in [-0.15, -0.1) is 0 Å². The van der Waals surface area contributed by atoms with E-state index in [1.807, 2.05) is 24.3 Å². The molecule has 1 heterocycles. The van der Waals surface area contributed by atoms with Gasteiger partial charge in [0.15, 0.2) is 0 Å². The second-order valence-electron chi connectivity index (χ2n) is 4.11. The Hall–Kier alpha value is 0.406. The number of aliphatic carboxylic acids is 1. The zero-order valence-electron chi connectivity index (χ0n) is 10.8. The maximum absolute atomic E-state index is 10.5. The number of carboxylic acids is 1. The van der Waals surface area contributed by atoms with Gasteiger partial charge < -0.3 is 24.8 Å². The van der Waals surface area contributed by atoms with Crippen LogP contribution in [0.5, 0.6) is 0 Å². The van der Waals surface area contributed by atoms with Crippen molar-refractivity contribution in [2.24, 2.45) is 0 Å². The van der Waals surface area contributed by atoms with Crippen LogP contribution in [-0.2, 0) is 4.79 Å². The summed E-state index contributed by atoms with van der Waals surface area (Å²) < 4.78 is 0. The molecule has 1 aliphatic rings. The van der Waals surface area contributed by atoms with E-state index in [-0.39, 0.29) is 64.0 Å². The van der Waals surface area contributed by atoms with E-state index in [1.54, 1.807) is 0 Å². The Balaban J connectivity index is 0.00000256. The monoisotopic (exact) mass is 266 g/mol. The van der Waals surface area contributed by atoms with Crippen molar-refractivity contribution in [1.82, 2.24) is 9.80 Å². The van der Waals surface area contributed by atoms with Crippen molar-refractivity contribution in [2.75, 3.05) is 13.6 Å². The molecule has 0 bridgehead atoms. The Morgan fingerprint density at radius 1 is 1.53 bits per heavy atom. The summed E-state index contributed by atoms with van der Waals surface area (Å²) in [6, 6.07) is 0. The fourth-order valence-electron chi connectivity index (χ4n) is 1.79. The molecule has 0 aliphatic carbocycles. The van der Waals surface area contributed by atoms with Crippen LogP contribution in [0.15, 0.2) is 12.4 Å². The summed E-state index contributed by atoms with van der Waals surface area (Å²) in [5.74, 6) is -1.41. The van der Waals surface area contributed by atoms with E-state index in [0.717, 1.165) is 19.4 Å². The first-order valence-electron chi connectivity index (χ1n) is 5.61. The Morgan fingerprint density at radius 3 is 2.71 bits per heavy atom. The topological polar surface area (TPSA) is 66.8 Å². The van der Waals surface area contributed by atoms with Crippen molar-refractivity contribution in [3.63, 3.8) is 0 Å². The average Bonchev–Trinajstić information content (AvgIpc) is 2.57. The van der Waals surface area contributed by atoms with Gasteiger partial charge in [-0.05, 0) is 6.42 Å². The molecule has 17 heavy (non-hydrogen) atoms. The molecule has 2 unspecified atom stereocenters. The number of hydrogen-bond donors (Lipinski definition) is 1. The van der Waals surface area contributed by atoms with Crippen molar-refractivity contribution in [3.05, 3.63) is 12.4 Å². The first kappa shape index (κ1) is 17.4. The summed E-state index contributed by atoms with van der Waals surface area (Å²) in [4.78, 5) is 14.5. The molecule has 0 saturated heterocycles. The Morgan fingerprint density at radius 2 is 2.18 bits per heavy atom. The molecule has 0 aromatic carbocycles. The molecule has 1 N–H and O–H groups in total. The molecule has 0 aromatic rings. The molecule has 92 valence electrons. The summed E-state index contributed by atoms with van der Waals surface area (Å²) in [6.07, 6.45) is 4.64. The van der Waals surface area contributed by atoms with Gasteiger partial charge in [-0.3, -0.25) is 0 Å². The summed E-state index contributed by atoms with van der Waals surface area (Å²) in [5, 5.41) is 19.8. The number of aliphatic hydroxyl groups excluding tert-OH is 1. The number of rotatable bonds is 6. The molecule has 0 fully saturated rings. The molecule has 0 radical (unpaired) electrons. The van der Waals surface area contributed by atoms with Crippen LogP contribution in [0, 0.1) is 0 Å². The van der Waals surface area contributed by atoms with Crippen molar-refractivity contribution >= 4 is 5.97 Å². The van der Waals surface area contributed by atoms with Gasteiger partial charge in [-0.2, -0.15) is 0 Å². The van der Waals surface area contributed by atoms with E-state index in [1.165, 1.54) is 0 Å². The minimum atomic E-state index is -1.41. The van der Waals surface area contributed by atoms with Gasteiger partial charge in [0.2, 0.25) is 0 Å². The number of carbonyl (C=O) groups is 1. The van der Waals surface area contributed by atoms with E-state index in [4.69, 9.17) is 0 Å². The molecule has 2 atom stereocenters. The van der Waals surface area contributed by atoms with Gasteiger partial charge in [0.05, 0.1) is 12.1 Å². The minimum Gasteiger partial charge on any atom is -0.547 e. The van der Waals surface area contributed by atoms with Crippen LogP contribution >= 0.6 is 0 Å². The van der Waals surface area contributed by atoms with Gasteiger partial charge in [0.1, 0.15) is 6.17 Å². The average molecular weight is 266 g/mol. The van der Waals surface area contributed by atoms with Gasteiger partial charge in [-0.1, -0.05) is 13.3 Å². The second-order valence-corrected chi connectivity index (χ2v) is 4.11. The molecule has 1 rings (SSSR count). The third kappa shape index (κ3) is 5.28. The first-order valence-corrected chi connectivity index (χ1v) is 5.61. The summed E-state index contributed by atoms with van der Waals surface area (Å²) in [7, 11) is 1.87. The zero-order chi connectivity index (χ0) is 12.1. The molecule has 1 aliphatic heterocycles. The number of unbranched alkanes of at least 4 members (excludes halogenated alkanes) is 1. The van der Waals surface area contributed by atoms with Crippen LogP contribution in [0.4, 0.5) is 0 Å². The zero-order valence-corrected chi connectivity index (χ0v) is 13.9. The third-order valence-electron chi connectivity index (χ3n) is 2.82. The van der Waals surface area contributed by atoms with Crippen LogP contribution in [0.2, 0.25) is 0 Å². The number of carbonyl (C=O) groups excluding carboxylic acids is 1. The van der Waals surface area contributed by atoms with Crippen molar-refractivity contribution in [3.8, 4) is 0 Å². The van der Waals surface area contributed by atoms with Crippen molar-refractivity contribution in [2.45, 2.75) is 38.5 Å². The van der Waals surface area contributed by atoms with Gasteiger partial charge in [0.25, 0.3) is 0 Å². The molecule has 6 heteroatoms. The predicted octanol–water partition coefficient (Wildman–Crippen LogP) is -3.66. The Kier molecular flexibility index (Phi) is 8.70. The molecular weight excluding hydrogens is 247 g/mol. The van der Waals surface area contributed by atoms with Crippen molar-refractivity contribution in [1.29, 1.82) is 0 Å². The fraction of sp³-hybridized carbons (Fsp3) is 0.727. The first-order chi connectivity index (χ1) is 7.56. The molecule has 0 aromatic heterocycles. The van der Waals surface area contributed by atoms with E-state index < -0.39 is 12.1 Å². The summed E-state index contributed by atoms with van der Waals surface area (Å²) in [6.45, 7) is 2.98. The van der Waals surface area contributed by atoms with Gasteiger partial charge in [-0.25, -0.2) is 0 Å². The van der Waals surface area contributed by atoms with Crippen LogP contribution in [0.25, 0.3) is 0 Å². The largest absolute Gasteiger partial charge is 1.00 e. The molecular formula is C11H19KN2O3. The molecule has 0 spiro atoms. The standard InChI is InChI=1S/C11H20N2O3.K/c1-3-4-5-13-7-6-12(2)10(13)8-9(14)11(15)16;/h6-7,9-10,14H,3-5,8H2,1-2H3,(H,15,16);/q;+1/p-1. The Bertz CT molecular complexity index is 273.